The maximum Gasteiger partial charge on any atom is 0.234 e. The summed E-state index contributed by atoms with van der Waals surface area (Å²) in [5.41, 5.74) is 6.38. The molecule has 3 aromatic rings. The third-order valence-corrected chi connectivity index (χ3v) is 6.05. The number of rotatable bonds is 5. The molecule has 0 bridgehead atoms. The third-order valence-electron chi connectivity index (χ3n) is 6.05. The molecule has 176 valence electrons. The van der Waals surface area contributed by atoms with E-state index in [0.717, 1.165) is 40.8 Å². The molecule has 0 amide bonds. The fraction of sp³-hybridized carbons (Fsp3) is 0.200. The molecular formula is C30H29N3O2. The summed E-state index contributed by atoms with van der Waals surface area (Å²) in [5.74, 6) is 1.74. The summed E-state index contributed by atoms with van der Waals surface area (Å²) in [4.78, 5) is 0. The average molecular weight is 464 g/mol. The van der Waals surface area contributed by atoms with Crippen molar-refractivity contribution < 1.29 is 9.47 Å². The van der Waals surface area contributed by atoms with Gasteiger partial charge in [0.1, 0.15) is 12.0 Å². The van der Waals surface area contributed by atoms with Crippen LogP contribution in [0.4, 0.5) is 5.82 Å². The monoisotopic (exact) mass is 463 g/mol. The predicted molar refractivity (Wildman–Crippen MR) is 140 cm³/mol. The minimum atomic E-state index is 0.0869. The average Bonchev–Trinajstić information content (AvgIpc) is 2.89. The molecule has 0 radical (unpaired) electrons. The highest BCUT2D eigenvalue weighted by molar-refractivity contribution is 5.82. The minimum Gasteiger partial charge on any atom is -0.463 e. The zero-order valence-electron chi connectivity index (χ0n) is 20.3. The first-order valence-electron chi connectivity index (χ1n) is 11.9. The molecule has 35 heavy (non-hydrogen) atoms. The Labute approximate surface area is 206 Å². The second-order valence-electron chi connectivity index (χ2n) is 9.67. The lowest BCUT2D eigenvalue weighted by Crippen LogP contribution is -2.12. The van der Waals surface area contributed by atoms with E-state index in [-0.39, 0.29) is 5.41 Å². The van der Waals surface area contributed by atoms with Crippen molar-refractivity contribution in [3.8, 4) is 22.4 Å². The van der Waals surface area contributed by atoms with Crippen molar-refractivity contribution in [2.45, 2.75) is 39.0 Å². The van der Waals surface area contributed by atoms with Gasteiger partial charge in [-0.1, -0.05) is 93.6 Å². The van der Waals surface area contributed by atoms with E-state index in [0.29, 0.717) is 17.5 Å². The molecule has 0 unspecified atom stereocenters. The Morgan fingerprint density at radius 3 is 2.40 bits per heavy atom. The van der Waals surface area contributed by atoms with E-state index in [9.17, 15) is 0 Å². The summed E-state index contributed by atoms with van der Waals surface area (Å²) in [6.45, 7) is 6.65. The standard InChI is InChI=1S/C30H29N3O2/c1-30(2,3)24-16-14-21(15-17-24)25-18-27(32-33-29(25)23-12-8-5-9-13-23)31-28-20-34-19-26(35-28)22-10-6-4-7-11-22/h4-6,8-10,12-20H,7,11H2,1-3H3,(H,31,32). The number of nitrogens with zero attached hydrogens (tertiary/aromatic N) is 2. The molecule has 5 nitrogen and oxygen atoms in total. The highest BCUT2D eigenvalue weighted by Gasteiger charge is 2.18. The molecule has 1 aromatic heterocycles. The van der Waals surface area contributed by atoms with Crippen LogP contribution in [0.2, 0.25) is 0 Å². The third kappa shape index (κ3) is 5.19. The van der Waals surface area contributed by atoms with Crippen LogP contribution in [-0.2, 0) is 14.9 Å². The Balaban J connectivity index is 1.45. The van der Waals surface area contributed by atoms with Gasteiger partial charge in [-0.2, -0.15) is 0 Å². The molecule has 0 saturated heterocycles. The smallest absolute Gasteiger partial charge is 0.234 e. The molecule has 5 heteroatoms. The first-order valence-corrected chi connectivity index (χ1v) is 11.9. The van der Waals surface area contributed by atoms with Crippen molar-refractivity contribution in [2.24, 2.45) is 0 Å². The molecule has 0 saturated carbocycles. The van der Waals surface area contributed by atoms with E-state index in [1.807, 2.05) is 42.5 Å². The number of hydrogen-bond donors (Lipinski definition) is 1. The Hall–Kier alpha value is -4.12. The van der Waals surface area contributed by atoms with Crippen molar-refractivity contribution in [2.75, 3.05) is 5.32 Å². The molecule has 1 N–H and O–H groups in total. The van der Waals surface area contributed by atoms with Crippen LogP contribution < -0.4 is 5.32 Å². The summed E-state index contributed by atoms with van der Waals surface area (Å²) in [7, 11) is 0. The highest BCUT2D eigenvalue weighted by atomic mass is 16.6. The van der Waals surface area contributed by atoms with Crippen LogP contribution in [0.1, 0.15) is 39.2 Å². The normalized spacial score (nSPS) is 15.3. The first kappa shape index (κ1) is 22.7. The Morgan fingerprint density at radius 1 is 0.886 bits per heavy atom. The van der Waals surface area contributed by atoms with E-state index in [4.69, 9.17) is 9.47 Å². The van der Waals surface area contributed by atoms with Crippen molar-refractivity contribution in [1.29, 1.82) is 0 Å². The van der Waals surface area contributed by atoms with Gasteiger partial charge in [-0.3, -0.25) is 0 Å². The number of ether oxygens (including phenoxy) is 2. The van der Waals surface area contributed by atoms with Crippen molar-refractivity contribution in [3.05, 3.63) is 114 Å². The summed E-state index contributed by atoms with van der Waals surface area (Å²) in [6, 6.07) is 20.8. The molecule has 0 atom stereocenters. The van der Waals surface area contributed by atoms with Gasteiger partial charge in [-0.25, -0.2) is 0 Å². The number of nitrogens with one attached hydrogen (secondary N) is 1. The van der Waals surface area contributed by atoms with Crippen LogP contribution in [0, 0.1) is 0 Å². The van der Waals surface area contributed by atoms with E-state index >= 15 is 0 Å². The lowest BCUT2D eigenvalue weighted by Gasteiger charge is -2.21. The van der Waals surface area contributed by atoms with Crippen molar-refractivity contribution in [1.82, 2.24) is 10.2 Å². The zero-order valence-corrected chi connectivity index (χ0v) is 20.3. The van der Waals surface area contributed by atoms with Gasteiger partial charge in [0.2, 0.25) is 5.88 Å². The van der Waals surface area contributed by atoms with Gasteiger partial charge in [0.15, 0.2) is 17.8 Å². The van der Waals surface area contributed by atoms with Gasteiger partial charge < -0.3 is 14.8 Å². The van der Waals surface area contributed by atoms with Gasteiger partial charge in [0.05, 0.1) is 0 Å². The summed E-state index contributed by atoms with van der Waals surface area (Å²) < 4.78 is 11.6. The van der Waals surface area contributed by atoms with Crippen LogP contribution >= 0.6 is 0 Å². The molecule has 2 heterocycles. The van der Waals surface area contributed by atoms with Crippen LogP contribution in [0.15, 0.2) is 109 Å². The van der Waals surface area contributed by atoms with Gasteiger partial charge in [0.25, 0.3) is 0 Å². The SMILES string of the molecule is CC(C)(C)c1ccc(-c2cc(NC3=COC=C(C4=CC=CCC4)O3)nnc2-c2ccccc2)cc1. The van der Waals surface area contributed by atoms with Crippen LogP contribution in [0.25, 0.3) is 22.4 Å². The molecule has 2 aromatic carbocycles. The summed E-state index contributed by atoms with van der Waals surface area (Å²) in [6.07, 6.45) is 11.3. The molecule has 5 rings (SSSR count). The second-order valence-corrected chi connectivity index (χ2v) is 9.67. The number of hydrogen-bond acceptors (Lipinski definition) is 5. The van der Waals surface area contributed by atoms with Crippen LogP contribution in [0.5, 0.6) is 0 Å². The van der Waals surface area contributed by atoms with Gasteiger partial charge >= 0.3 is 0 Å². The zero-order chi connectivity index (χ0) is 24.3. The molecule has 1 aliphatic carbocycles. The van der Waals surface area contributed by atoms with E-state index in [1.54, 1.807) is 6.26 Å². The molecule has 0 spiro atoms. The summed E-state index contributed by atoms with van der Waals surface area (Å²) >= 11 is 0. The number of allylic oxidation sites excluding steroid dienone is 4. The largest absolute Gasteiger partial charge is 0.463 e. The van der Waals surface area contributed by atoms with Crippen molar-refractivity contribution >= 4 is 5.82 Å². The van der Waals surface area contributed by atoms with Crippen LogP contribution in [0.3, 0.4) is 0 Å². The number of aromatic nitrogens is 2. The Bertz CT molecular complexity index is 1330. The number of benzene rings is 2. The van der Waals surface area contributed by atoms with E-state index in [1.165, 1.54) is 11.8 Å². The van der Waals surface area contributed by atoms with E-state index in [2.05, 4.69) is 72.7 Å². The Morgan fingerprint density at radius 2 is 1.69 bits per heavy atom. The van der Waals surface area contributed by atoms with E-state index < -0.39 is 0 Å². The number of anilines is 1. The molecule has 2 aliphatic rings. The molecule has 0 fully saturated rings. The fourth-order valence-electron chi connectivity index (χ4n) is 4.09. The second kappa shape index (κ2) is 9.63. The Kier molecular flexibility index (Phi) is 6.23. The first-order chi connectivity index (χ1) is 17.0. The van der Waals surface area contributed by atoms with Gasteiger partial charge in [0, 0.05) is 11.1 Å². The maximum absolute atomic E-state index is 6.06. The quantitative estimate of drug-likeness (QED) is 0.425. The predicted octanol–water partition coefficient (Wildman–Crippen LogP) is 7.48. The lowest BCUT2D eigenvalue weighted by atomic mass is 9.86. The van der Waals surface area contributed by atoms with Crippen LogP contribution in [-0.4, -0.2) is 10.2 Å². The van der Waals surface area contributed by atoms with Gasteiger partial charge in [-0.05, 0) is 41.0 Å². The van der Waals surface area contributed by atoms with Gasteiger partial charge in [-0.15, -0.1) is 10.2 Å². The highest BCUT2D eigenvalue weighted by Crippen LogP contribution is 2.34. The van der Waals surface area contributed by atoms with Crippen molar-refractivity contribution in [3.63, 3.8) is 0 Å². The topological polar surface area (TPSA) is 56.3 Å². The minimum absolute atomic E-state index is 0.0869. The molecular weight excluding hydrogens is 434 g/mol. The lowest BCUT2D eigenvalue weighted by molar-refractivity contribution is 0.233. The summed E-state index contributed by atoms with van der Waals surface area (Å²) in [5, 5.41) is 12.3. The maximum atomic E-state index is 6.06. The fourth-order valence-corrected chi connectivity index (χ4v) is 4.09. The molecule has 1 aliphatic heterocycles.